The Bertz CT molecular complexity index is 413. The average molecular weight is 261 g/mol. The predicted octanol–water partition coefficient (Wildman–Crippen LogP) is 4.42. The highest BCUT2D eigenvalue weighted by molar-refractivity contribution is 5.17. The van der Waals surface area contributed by atoms with E-state index in [1.54, 1.807) is 12.1 Å². The highest BCUT2D eigenvalue weighted by atomic mass is 19.1. The molecule has 0 bridgehead atoms. The number of hydrogen-bond donors (Lipinski definition) is 1. The van der Waals surface area contributed by atoms with Crippen LogP contribution >= 0.6 is 0 Å². The van der Waals surface area contributed by atoms with Crippen molar-refractivity contribution in [2.75, 3.05) is 0 Å². The Kier molecular flexibility index (Phi) is 3.88. The van der Waals surface area contributed by atoms with Crippen LogP contribution < -0.4 is 5.32 Å². The van der Waals surface area contributed by atoms with E-state index < -0.39 is 0 Å². The Hall–Kier alpha value is -0.890. The number of nitrogens with one attached hydrogen (secondary N) is 1. The van der Waals surface area contributed by atoms with E-state index in [2.05, 4.69) is 5.32 Å². The lowest BCUT2D eigenvalue weighted by Gasteiger charge is -2.37. The van der Waals surface area contributed by atoms with Crippen molar-refractivity contribution in [2.24, 2.45) is 5.41 Å². The number of halogens is 1. The molecule has 2 aliphatic rings. The van der Waals surface area contributed by atoms with Crippen LogP contribution in [0.1, 0.15) is 56.9 Å². The normalized spacial score (nSPS) is 23.0. The third kappa shape index (κ3) is 3.00. The van der Waals surface area contributed by atoms with Crippen LogP contribution in [0.25, 0.3) is 0 Å². The SMILES string of the molecule is Fc1ccccc1CNC1CCC2(CCCC2)CC1. The summed E-state index contributed by atoms with van der Waals surface area (Å²) in [6.45, 7) is 0.671. The lowest BCUT2D eigenvalue weighted by molar-refractivity contribution is 0.168. The zero-order valence-corrected chi connectivity index (χ0v) is 11.6. The lowest BCUT2D eigenvalue weighted by Crippen LogP contribution is -2.36. The van der Waals surface area contributed by atoms with Crippen molar-refractivity contribution in [3.8, 4) is 0 Å². The van der Waals surface area contributed by atoms with E-state index in [0.717, 1.165) is 5.56 Å². The summed E-state index contributed by atoms with van der Waals surface area (Å²) < 4.78 is 13.5. The fraction of sp³-hybridized carbons (Fsp3) is 0.647. The van der Waals surface area contributed by atoms with Crippen LogP contribution in [0.2, 0.25) is 0 Å². The van der Waals surface area contributed by atoms with Gasteiger partial charge in [-0.1, -0.05) is 31.0 Å². The van der Waals surface area contributed by atoms with E-state index in [0.29, 0.717) is 18.0 Å². The first-order valence-corrected chi connectivity index (χ1v) is 7.74. The van der Waals surface area contributed by atoms with E-state index in [4.69, 9.17) is 0 Å². The maximum absolute atomic E-state index is 13.5. The van der Waals surface area contributed by atoms with Gasteiger partial charge in [0, 0.05) is 18.2 Å². The van der Waals surface area contributed by atoms with Crippen molar-refractivity contribution in [1.82, 2.24) is 5.32 Å². The molecule has 0 heterocycles. The van der Waals surface area contributed by atoms with Gasteiger partial charge < -0.3 is 5.32 Å². The van der Waals surface area contributed by atoms with Gasteiger partial charge in [0.15, 0.2) is 0 Å². The topological polar surface area (TPSA) is 12.0 Å². The number of hydrogen-bond acceptors (Lipinski definition) is 1. The third-order valence-electron chi connectivity index (χ3n) is 5.25. The molecule has 1 N–H and O–H groups in total. The van der Waals surface area contributed by atoms with E-state index in [9.17, 15) is 4.39 Å². The standard InChI is InChI=1S/C17H24FN/c18-16-6-2-1-5-14(16)13-19-15-7-11-17(12-8-15)9-3-4-10-17/h1-2,5-6,15,19H,3-4,7-13H2. The van der Waals surface area contributed by atoms with Crippen molar-refractivity contribution in [1.29, 1.82) is 0 Å². The molecule has 19 heavy (non-hydrogen) atoms. The van der Waals surface area contributed by atoms with Gasteiger partial charge in [-0.05, 0) is 50.0 Å². The van der Waals surface area contributed by atoms with E-state index in [1.807, 2.05) is 12.1 Å². The zero-order chi connectivity index (χ0) is 13.1. The van der Waals surface area contributed by atoms with Gasteiger partial charge in [0.2, 0.25) is 0 Å². The van der Waals surface area contributed by atoms with Crippen LogP contribution in [0.4, 0.5) is 4.39 Å². The molecule has 0 atom stereocenters. The van der Waals surface area contributed by atoms with Crippen LogP contribution in [-0.4, -0.2) is 6.04 Å². The first-order valence-electron chi connectivity index (χ1n) is 7.74. The second-order valence-electron chi connectivity index (χ2n) is 6.45. The van der Waals surface area contributed by atoms with Crippen molar-refractivity contribution in [3.63, 3.8) is 0 Å². The molecule has 1 aromatic rings. The maximum atomic E-state index is 13.5. The minimum absolute atomic E-state index is 0.0851. The van der Waals surface area contributed by atoms with Gasteiger partial charge in [-0.2, -0.15) is 0 Å². The van der Waals surface area contributed by atoms with Crippen LogP contribution in [0.15, 0.2) is 24.3 Å². The highest BCUT2D eigenvalue weighted by Crippen LogP contribution is 2.48. The molecule has 0 aromatic heterocycles. The molecule has 0 unspecified atom stereocenters. The smallest absolute Gasteiger partial charge is 0.127 e. The molecular weight excluding hydrogens is 237 g/mol. The molecule has 1 nitrogen and oxygen atoms in total. The van der Waals surface area contributed by atoms with E-state index >= 15 is 0 Å². The molecule has 1 spiro atoms. The fourth-order valence-corrected chi connectivity index (χ4v) is 3.96. The monoisotopic (exact) mass is 261 g/mol. The quantitative estimate of drug-likeness (QED) is 0.849. The largest absolute Gasteiger partial charge is 0.310 e. The molecule has 0 saturated heterocycles. The lowest BCUT2D eigenvalue weighted by atomic mass is 9.71. The molecule has 3 rings (SSSR count). The molecule has 0 amide bonds. The Morgan fingerprint density at radius 3 is 2.42 bits per heavy atom. The van der Waals surface area contributed by atoms with Crippen molar-refractivity contribution >= 4 is 0 Å². The van der Waals surface area contributed by atoms with Crippen LogP contribution in [0, 0.1) is 11.2 Å². The zero-order valence-electron chi connectivity index (χ0n) is 11.6. The summed E-state index contributed by atoms with van der Waals surface area (Å²) in [4.78, 5) is 0. The third-order valence-corrected chi connectivity index (χ3v) is 5.25. The van der Waals surface area contributed by atoms with Gasteiger partial charge in [0.25, 0.3) is 0 Å². The number of rotatable bonds is 3. The molecule has 104 valence electrons. The molecule has 1 aromatic carbocycles. The average Bonchev–Trinajstić information content (AvgIpc) is 2.88. The summed E-state index contributed by atoms with van der Waals surface area (Å²) in [6.07, 6.45) is 11.1. The van der Waals surface area contributed by atoms with Gasteiger partial charge >= 0.3 is 0 Å². The van der Waals surface area contributed by atoms with Crippen LogP contribution in [-0.2, 0) is 6.54 Å². The minimum Gasteiger partial charge on any atom is -0.310 e. The summed E-state index contributed by atoms with van der Waals surface area (Å²) in [5.74, 6) is -0.0851. The molecule has 0 aliphatic heterocycles. The molecule has 2 heteroatoms. The summed E-state index contributed by atoms with van der Waals surface area (Å²) >= 11 is 0. The van der Waals surface area contributed by atoms with Crippen molar-refractivity contribution < 1.29 is 4.39 Å². The molecule has 2 aliphatic carbocycles. The van der Waals surface area contributed by atoms with Gasteiger partial charge in [0.1, 0.15) is 5.82 Å². The second-order valence-corrected chi connectivity index (χ2v) is 6.45. The van der Waals surface area contributed by atoms with E-state index in [1.165, 1.54) is 51.4 Å². The van der Waals surface area contributed by atoms with Crippen LogP contribution in [0.3, 0.4) is 0 Å². The van der Waals surface area contributed by atoms with Crippen molar-refractivity contribution in [3.05, 3.63) is 35.6 Å². The fourth-order valence-electron chi connectivity index (χ4n) is 3.96. The maximum Gasteiger partial charge on any atom is 0.127 e. The first kappa shape index (κ1) is 13.1. The van der Waals surface area contributed by atoms with Gasteiger partial charge in [-0.3, -0.25) is 0 Å². The van der Waals surface area contributed by atoms with Gasteiger partial charge in [-0.15, -0.1) is 0 Å². The Morgan fingerprint density at radius 2 is 1.74 bits per heavy atom. The predicted molar refractivity (Wildman–Crippen MR) is 76.4 cm³/mol. The summed E-state index contributed by atoms with van der Waals surface area (Å²) in [6, 6.07) is 7.68. The minimum atomic E-state index is -0.0851. The van der Waals surface area contributed by atoms with Gasteiger partial charge in [-0.25, -0.2) is 4.39 Å². The molecule has 2 fully saturated rings. The van der Waals surface area contributed by atoms with Crippen LogP contribution in [0.5, 0.6) is 0 Å². The molecule has 2 saturated carbocycles. The Morgan fingerprint density at radius 1 is 1.05 bits per heavy atom. The van der Waals surface area contributed by atoms with E-state index in [-0.39, 0.29) is 5.82 Å². The van der Waals surface area contributed by atoms with Gasteiger partial charge in [0.05, 0.1) is 0 Å². The summed E-state index contributed by atoms with van der Waals surface area (Å²) in [5.41, 5.74) is 1.49. The van der Waals surface area contributed by atoms with Crippen molar-refractivity contribution in [2.45, 2.75) is 64.0 Å². The molecule has 0 radical (unpaired) electrons. The Balaban J connectivity index is 1.49. The Labute approximate surface area is 115 Å². The number of benzene rings is 1. The molecular formula is C17H24FN. The highest BCUT2D eigenvalue weighted by Gasteiger charge is 2.37. The summed E-state index contributed by atoms with van der Waals surface area (Å²) in [5, 5.41) is 3.55. The first-order chi connectivity index (χ1) is 9.27. The second kappa shape index (κ2) is 5.62. The summed E-state index contributed by atoms with van der Waals surface area (Å²) in [7, 11) is 0.